The topological polar surface area (TPSA) is 20.2 Å². The number of aliphatic hydroxyl groups excluding tert-OH is 1. The van der Waals surface area contributed by atoms with Crippen LogP contribution >= 0.6 is 15.9 Å². The summed E-state index contributed by atoms with van der Waals surface area (Å²) < 4.78 is 14.0. The van der Waals surface area contributed by atoms with E-state index in [1.165, 1.54) is 12.1 Å². The van der Waals surface area contributed by atoms with E-state index in [-0.39, 0.29) is 11.9 Å². The fourth-order valence-electron chi connectivity index (χ4n) is 2.23. The minimum Gasteiger partial charge on any atom is -0.392 e. The molecular weight excluding hydrogens is 295 g/mol. The summed E-state index contributed by atoms with van der Waals surface area (Å²) in [6, 6.07) is 4.62. The highest BCUT2D eigenvalue weighted by Crippen LogP contribution is 2.24. The van der Waals surface area contributed by atoms with Gasteiger partial charge in [0.05, 0.1) is 6.10 Å². The summed E-state index contributed by atoms with van der Waals surface area (Å²) >= 11 is 3.40. The molecule has 102 valence electrons. The summed E-state index contributed by atoms with van der Waals surface area (Å²) in [4.78, 5) is 0. The van der Waals surface area contributed by atoms with E-state index in [2.05, 4.69) is 29.8 Å². The van der Waals surface area contributed by atoms with Crippen molar-refractivity contribution in [2.45, 2.75) is 52.1 Å². The number of rotatable bonds is 7. The number of hydrogen-bond donors (Lipinski definition) is 1. The molecule has 0 saturated carbocycles. The van der Waals surface area contributed by atoms with Gasteiger partial charge in [0.15, 0.2) is 0 Å². The molecule has 0 aliphatic rings. The zero-order valence-corrected chi connectivity index (χ0v) is 12.7. The first-order valence-electron chi connectivity index (χ1n) is 6.70. The van der Waals surface area contributed by atoms with Crippen molar-refractivity contribution in [2.24, 2.45) is 5.92 Å². The number of aliphatic hydroxyl groups is 1. The molecule has 1 rings (SSSR count). The van der Waals surface area contributed by atoms with Gasteiger partial charge in [-0.15, -0.1) is 0 Å². The van der Waals surface area contributed by atoms with Crippen molar-refractivity contribution in [2.75, 3.05) is 0 Å². The van der Waals surface area contributed by atoms with Crippen LogP contribution in [0, 0.1) is 11.7 Å². The van der Waals surface area contributed by atoms with Gasteiger partial charge >= 0.3 is 0 Å². The number of hydrogen-bond acceptors (Lipinski definition) is 1. The molecule has 1 N–H and O–H groups in total. The summed E-state index contributed by atoms with van der Waals surface area (Å²) in [6.07, 6.45) is 4.42. The Morgan fingerprint density at radius 1 is 1.33 bits per heavy atom. The average Bonchev–Trinajstić information content (AvgIpc) is 2.35. The second-order valence-corrected chi connectivity index (χ2v) is 5.67. The third kappa shape index (κ3) is 4.69. The molecule has 2 unspecified atom stereocenters. The molecule has 0 heterocycles. The third-order valence-corrected chi connectivity index (χ3v) is 4.21. The minimum absolute atomic E-state index is 0.248. The lowest BCUT2D eigenvalue weighted by Crippen LogP contribution is -2.22. The zero-order valence-electron chi connectivity index (χ0n) is 11.1. The fraction of sp³-hybridized carbons (Fsp3) is 0.600. The Labute approximate surface area is 118 Å². The molecule has 1 aromatic carbocycles. The Hall–Kier alpha value is -0.410. The maximum absolute atomic E-state index is 13.2. The Balaban J connectivity index is 2.66. The second kappa shape index (κ2) is 7.90. The van der Waals surface area contributed by atoms with E-state index < -0.39 is 0 Å². The summed E-state index contributed by atoms with van der Waals surface area (Å²) in [5, 5.41) is 10.3. The molecule has 1 aromatic rings. The molecule has 0 radical (unpaired) electrons. The van der Waals surface area contributed by atoms with Crippen LogP contribution in [0.2, 0.25) is 0 Å². The van der Waals surface area contributed by atoms with Crippen molar-refractivity contribution in [1.82, 2.24) is 0 Å². The van der Waals surface area contributed by atoms with Crippen LogP contribution < -0.4 is 0 Å². The van der Waals surface area contributed by atoms with Gasteiger partial charge in [0.2, 0.25) is 0 Å². The molecule has 2 atom stereocenters. The van der Waals surface area contributed by atoms with Gasteiger partial charge < -0.3 is 5.11 Å². The van der Waals surface area contributed by atoms with Crippen molar-refractivity contribution < 1.29 is 9.50 Å². The molecule has 18 heavy (non-hydrogen) atoms. The summed E-state index contributed by atoms with van der Waals surface area (Å²) in [5.74, 6) is 0.0575. The van der Waals surface area contributed by atoms with Crippen molar-refractivity contribution in [3.8, 4) is 0 Å². The average molecular weight is 317 g/mol. The third-order valence-electron chi connectivity index (χ3n) is 3.43. The normalized spacial score (nSPS) is 14.5. The standard InChI is InChI=1S/C15H22BrFO/c1-3-5-6-11(4-2)15(18)10-12-9-13(17)7-8-14(12)16/h7-9,11,15,18H,3-6,10H2,1-2H3. The van der Waals surface area contributed by atoms with Crippen molar-refractivity contribution in [1.29, 1.82) is 0 Å². The lowest BCUT2D eigenvalue weighted by Gasteiger charge is -2.22. The zero-order chi connectivity index (χ0) is 13.5. The van der Waals surface area contributed by atoms with Gasteiger partial charge in [-0.3, -0.25) is 0 Å². The van der Waals surface area contributed by atoms with E-state index in [4.69, 9.17) is 0 Å². The lowest BCUT2D eigenvalue weighted by atomic mass is 9.89. The van der Waals surface area contributed by atoms with E-state index in [9.17, 15) is 9.50 Å². The highest BCUT2D eigenvalue weighted by atomic mass is 79.9. The molecule has 0 aliphatic heterocycles. The number of benzene rings is 1. The van der Waals surface area contributed by atoms with E-state index in [0.29, 0.717) is 12.3 Å². The van der Waals surface area contributed by atoms with Crippen LogP contribution in [0.25, 0.3) is 0 Å². The monoisotopic (exact) mass is 316 g/mol. The van der Waals surface area contributed by atoms with E-state index in [1.54, 1.807) is 6.07 Å². The van der Waals surface area contributed by atoms with Gasteiger partial charge in [-0.05, 0) is 42.5 Å². The van der Waals surface area contributed by atoms with E-state index in [1.807, 2.05) is 0 Å². The van der Waals surface area contributed by atoms with Crippen LogP contribution in [0.15, 0.2) is 22.7 Å². The highest BCUT2D eigenvalue weighted by Gasteiger charge is 2.18. The molecule has 0 aliphatic carbocycles. The van der Waals surface area contributed by atoms with Crippen LogP contribution in [0.1, 0.15) is 45.1 Å². The minimum atomic E-state index is -0.389. The second-order valence-electron chi connectivity index (χ2n) is 4.82. The number of unbranched alkanes of at least 4 members (excludes halogenated alkanes) is 1. The molecule has 1 nitrogen and oxygen atoms in total. The van der Waals surface area contributed by atoms with E-state index >= 15 is 0 Å². The maximum Gasteiger partial charge on any atom is 0.123 e. The number of halogens is 2. The van der Waals surface area contributed by atoms with Gasteiger partial charge in [-0.2, -0.15) is 0 Å². The van der Waals surface area contributed by atoms with Crippen LogP contribution in [0.4, 0.5) is 4.39 Å². The molecule has 3 heteroatoms. The van der Waals surface area contributed by atoms with Crippen LogP contribution in [-0.2, 0) is 6.42 Å². The van der Waals surface area contributed by atoms with E-state index in [0.717, 1.165) is 35.7 Å². The largest absolute Gasteiger partial charge is 0.392 e. The highest BCUT2D eigenvalue weighted by molar-refractivity contribution is 9.10. The van der Waals surface area contributed by atoms with Crippen molar-refractivity contribution in [3.63, 3.8) is 0 Å². The van der Waals surface area contributed by atoms with Crippen molar-refractivity contribution in [3.05, 3.63) is 34.1 Å². The SMILES string of the molecule is CCCCC(CC)C(O)Cc1cc(F)ccc1Br. The Bertz CT molecular complexity index is 368. The Morgan fingerprint density at radius 2 is 2.06 bits per heavy atom. The van der Waals surface area contributed by atoms with Gasteiger partial charge in [0.25, 0.3) is 0 Å². The summed E-state index contributed by atoms with van der Waals surface area (Å²) in [7, 11) is 0. The molecule has 0 fully saturated rings. The predicted molar refractivity (Wildman–Crippen MR) is 77.1 cm³/mol. The first kappa shape index (κ1) is 15.6. The summed E-state index contributed by atoms with van der Waals surface area (Å²) in [6.45, 7) is 4.26. The molecule has 0 spiro atoms. The quantitative estimate of drug-likeness (QED) is 0.772. The Kier molecular flexibility index (Phi) is 6.87. The molecule has 0 amide bonds. The molecule has 0 bridgehead atoms. The van der Waals surface area contributed by atoms with Gasteiger partial charge in [-0.1, -0.05) is 49.0 Å². The molecule has 0 aromatic heterocycles. The smallest absolute Gasteiger partial charge is 0.123 e. The van der Waals surface area contributed by atoms with Gasteiger partial charge in [0.1, 0.15) is 5.82 Å². The first-order chi connectivity index (χ1) is 8.58. The lowest BCUT2D eigenvalue weighted by molar-refractivity contribution is 0.0985. The van der Waals surface area contributed by atoms with Crippen LogP contribution in [0.3, 0.4) is 0 Å². The Morgan fingerprint density at radius 3 is 2.67 bits per heavy atom. The van der Waals surface area contributed by atoms with Gasteiger partial charge in [0, 0.05) is 4.47 Å². The first-order valence-corrected chi connectivity index (χ1v) is 7.49. The molecular formula is C15H22BrFO. The van der Waals surface area contributed by atoms with Crippen LogP contribution in [0.5, 0.6) is 0 Å². The van der Waals surface area contributed by atoms with Gasteiger partial charge in [-0.25, -0.2) is 4.39 Å². The molecule has 0 saturated heterocycles. The van der Waals surface area contributed by atoms with Crippen molar-refractivity contribution >= 4 is 15.9 Å². The van der Waals surface area contributed by atoms with Crippen LogP contribution in [-0.4, -0.2) is 11.2 Å². The predicted octanol–water partition coefficient (Wildman–Crippen LogP) is 4.71. The summed E-state index contributed by atoms with van der Waals surface area (Å²) in [5.41, 5.74) is 0.845. The fourth-order valence-corrected chi connectivity index (χ4v) is 2.64. The maximum atomic E-state index is 13.2.